The molecule has 2 aromatic carbocycles. The first-order chi connectivity index (χ1) is 14.0. The fourth-order valence-electron chi connectivity index (χ4n) is 3.69. The highest BCUT2D eigenvalue weighted by Crippen LogP contribution is 2.38. The highest BCUT2D eigenvalue weighted by molar-refractivity contribution is 5.93. The number of carbonyl (C=O) groups excluding carboxylic acids is 2. The molecule has 1 aliphatic rings. The van der Waals surface area contributed by atoms with Gasteiger partial charge in [-0.05, 0) is 49.7 Å². The lowest BCUT2D eigenvalue weighted by atomic mass is 10.0. The van der Waals surface area contributed by atoms with Crippen LogP contribution in [0, 0.1) is 0 Å². The highest BCUT2D eigenvalue weighted by Gasteiger charge is 2.29. The first kappa shape index (κ1) is 20.7. The Morgan fingerprint density at radius 3 is 2.34 bits per heavy atom. The Morgan fingerprint density at radius 1 is 1.03 bits per heavy atom. The molecule has 0 spiro atoms. The van der Waals surface area contributed by atoms with E-state index in [0.29, 0.717) is 17.9 Å². The van der Waals surface area contributed by atoms with Crippen LogP contribution in [0.2, 0.25) is 0 Å². The lowest BCUT2D eigenvalue weighted by Gasteiger charge is -2.26. The van der Waals surface area contributed by atoms with E-state index >= 15 is 0 Å². The number of likely N-dealkylation sites (tertiary alicyclic amines) is 1. The van der Waals surface area contributed by atoms with Crippen LogP contribution in [0.5, 0.6) is 11.5 Å². The summed E-state index contributed by atoms with van der Waals surface area (Å²) in [7, 11) is 3.28. The maximum atomic E-state index is 12.6. The minimum atomic E-state index is -0.129. The molecule has 29 heavy (non-hydrogen) atoms. The van der Waals surface area contributed by atoms with E-state index < -0.39 is 0 Å². The van der Waals surface area contributed by atoms with Gasteiger partial charge in [0.2, 0.25) is 11.8 Å². The van der Waals surface area contributed by atoms with Gasteiger partial charge in [0.25, 0.3) is 0 Å². The number of rotatable bonds is 7. The minimum Gasteiger partial charge on any atom is -0.497 e. The minimum absolute atomic E-state index is 0.0725. The molecule has 1 fully saturated rings. The number of anilines is 2. The third-order valence-corrected chi connectivity index (χ3v) is 5.00. The third kappa shape index (κ3) is 5.26. The van der Waals surface area contributed by atoms with Crippen molar-refractivity contribution in [3.8, 4) is 11.5 Å². The van der Waals surface area contributed by atoms with Crippen molar-refractivity contribution < 1.29 is 19.1 Å². The molecule has 1 heterocycles. The van der Waals surface area contributed by atoms with E-state index in [9.17, 15) is 9.59 Å². The fraction of sp³-hybridized carbons (Fsp3) is 0.364. The molecule has 154 valence electrons. The van der Waals surface area contributed by atoms with Crippen LogP contribution in [0.15, 0.2) is 42.5 Å². The Labute approximate surface area is 171 Å². The van der Waals surface area contributed by atoms with E-state index in [1.807, 2.05) is 18.2 Å². The molecule has 7 heteroatoms. The topological polar surface area (TPSA) is 79.9 Å². The van der Waals surface area contributed by atoms with Crippen LogP contribution >= 0.6 is 0 Å². The fourth-order valence-corrected chi connectivity index (χ4v) is 3.69. The molecule has 1 atom stereocenters. The zero-order valence-corrected chi connectivity index (χ0v) is 17.0. The molecular formula is C22H27N3O4. The largest absolute Gasteiger partial charge is 0.497 e. The molecule has 2 aromatic rings. The zero-order valence-electron chi connectivity index (χ0n) is 17.0. The number of benzene rings is 2. The first-order valence-corrected chi connectivity index (χ1v) is 9.63. The number of nitrogens with one attached hydrogen (secondary N) is 2. The summed E-state index contributed by atoms with van der Waals surface area (Å²) in [6.07, 6.45) is 2.00. The number of nitrogens with zero attached hydrogens (tertiary/aromatic N) is 1. The smallest absolute Gasteiger partial charge is 0.238 e. The van der Waals surface area contributed by atoms with Gasteiger partial charge in [0, 0.05) is 36.0 Å². The standard InChI is InChI=1S/C22H27N3O4/c1-15(26)23-16-6-8-17(9-7-16)24-22(27)14-25-12-4-5-20(25)19-11-10-18(28-2)13-21(19)29-3/h6-11,13,20H,4-5,12,14H2,1-3H3,(H,23,26)(H,24,27). The van der Waals surface area contributed by atoms with E-state index in [-0.39, 0.29) is 17.9 Å². The van der Waals surface area contributed by atoms with Crippen LogP contribution in [0.1, 0.15) is 31.4 Å². The molecule has 1 unspecified atom stereocenters. The van der Waals surface area contributed by atoms with Gasteiger partial charge in [0.1, 0.15) is 11.5 Å². The van der Waals surface area contributed by atoms with Crippen molar-refractivity contribution in [2.75, 3.05) is 37.9 Å². The van der Waals surface area contributed by atoms with Crippen molar-refractivity contribution >= 4 is 23.2 Å². The maximum Gasteiger partial charge on any atom is 0.238 e. The van der Waals surface area contributed by atoms with Crippen molar-refractivity contribution in [1.29, 1.82) is 0 Å². The summed E-state index contributed by atoms with van der Waals surface area (Å²) in [5.41, 5.74) is 2.46. The van der Waals surface area contributed by atoms with Gasteiger partial charge in [-0.2, -0.15) is 0 Å². The summed E-state index contributed by atoms with van der Waals surface area (Å²) in [5, 5.41) is 5.63. The maximum absolute atomic E-state index is 12.6. The Bertz CT molecular complexity index is 867. The van der Waals surface area contributed by atoms with E-state index in [1.165, 1.54) is 6.92 Å². The van der Waals surface area contributed by atoms with Gasteiger partial charge in [-0.25, -0.2) is 0 Å². The predicted octanol–water partition coefficient (Wildman–Crippen LogP) is 3.44. The van der Waals surface area contributed by atoms with Gasteiger partial charge < -0.3 is 20.1 Å². The Hall–Kier alpha value is -3.06. The van der Waals surface area contributed by atoms with Gasteiger partial charge in [0.15, 0.2) is 0 Å². The number of ether oxygens (including phenoxy) is 2. The van der Waals surface area contributed by atoms with Crippen molar-refractivity contribution in [2.24, 2.45) is 0 Å². The summed E-state index contributed by atoms with van der Waals surface area (Å²) in [6.45, 7) is 2.61. The molecule has 1 saturated heterocycles. The summed E-state index contributed by atoms with van der Waals surface area (Å²) < 4.78 is 10.8. The summed E-state index contributed by atoms with van der Waals surface area (Å²) in [5.74, 6) is 1.32. The SMILES string of the molecule is COc1ccc(C2CCCN2CC(=O)Nc2ccc(NC(C)=O)cc2)c(OC)c1. The molecule has 0 bridgehead atoms. The van der Waals surface area contributed by atoms with Crippen molar-refractivity contribution in [3.05, 3.63) is 48.0 Å². The molecule has 3 rings (SSSR count). The number of hydrogen-bond donors (Lipinski definition) is 2. The summed E-state index contributed by atoms with van der Waals surface area (Å²) in [4.78, 5) is 25.9. The molecule has 2 amide bonds. The van der Waals surface area contributed by atoms with E-state index in [0.717, 1.165) is 36.4 Å². The van der Waals surface area contributed by atoms with E-state index in [1.54, 1.807) is 38.5 Å². The molecule has 0 saturated carbocycles. The number of carbonyl (C=O) groups is 2. The van der Waals surface area contributed by atoms with E-state index in [4.69, 9.17) is 9.47 Å². The second-order valence-electron chi connectivity index (χ2n) is 7.04. The van der Waals surface area contributed by atoms with Gasteiger partial charge >= 0.3 is 0 Å². The van der Waals surface area contributed by atoms with E-state index in [2.05, 4.69) is 15.5 Å². The number of methoxy groups -OCH3 is 2. The molecule has 1 aliphatic heterocycles. The van der Waals surface area contributed by atoms with Crippen molar-refractivity contribution in [1.82, 2.24) is 4.90 Å². The van der Waals surface area contributed by atoms with Crippen LogP contribution in [0.3, 0.4) is 0 Å². The summed E-state index contributed by atoms with van der Waals surface area (Å²) in [6, 6.07) is 13.0. The average molecular weight is 397 g/mol. The normalized spacial score (nSPS) is 16.3. The average Bonchev–Trinajstić information content (AvgIpc) is 3.16. The Kier molecular flexibility index (Phi) is 6.72. The second kappa shape index (κ2) is 9.43. The van der Waals surface area contributed by atoms with Crippen LogP contribution in [0.4, 0.5) is 11.4 Å². The van der Waals surface area contributed by atoms with Gasteiger partial charge in [0.05, 0.1) is 20.8 Å². The third-order valence-electron chi connectivity index (χ3n) is 5.00. The molecule has 7 nitrogen and oxygen atoms in total. The Morgan fingerprint density at radius 2 is 1.72 bits per heavy atom. The van der Waals surface area contributed by atoms with Gasteiger partial charge in [-0.1, -0.05) is 6.07 Å². The monoisotopic (exact) mass is 397 g/mol. The van der Waals surface area contributed by atoms with Gasteiger partial charge in [-0.15, -0.1) is 0 Å². The quantitative estimate of drug-likeness (QED) is 0.748. The summed E-state index contributed by atoms with van der Waals surface area (Å²) >= 11 is 0. The Balaban J connectivity index is 1.65. The predicted molar refractivity (Wildman–Crippen MR) is 112 cm³/mol. The highest BCUT2D eigenvalue weighted by atomic mass is 16.5. The van der Waals surface area contributed by atoms with Crippen LogP contribution in [-0.2, 0) is 9.59 Å². The van der Waals surface area contributed by atoms with Gasteiger partial charge in [-0.3, -0.25) is 14.5 Å². The molecule has 0 aromatic heterocycles. The lowest BCUT2D eigenvalue weighted by molar-refractivity contribution is -0.117. The molecule has 2 N–H and O–H groups in total. The second-order valence-corrected chi connectivity index (χ2v) is 7.04. The molecule has 0 aliphatic carbocycles. The number of hydrogen-bond acceptors (Lipinski definition) is 5. The van der Waals surface area contributed by atoms with Crippen LogP contribution in [-0.4, -0.2) is 44.0 Å². The lowest BCUT2D eigenvalue weighted by Crippen LogP contribution is -2.33. The first-order valence-electron chi connectivity index (χ1n) is 9.63. The van der Waals surface area contributed by atoms with Crippen LogP contribution < -0.4 is 20.1 Å². The molecule has 0 radical (unpaired) electrons. The molecular weight excluding hydrogens is 370 g/mol. The van der Waals surface area contributed by atoms with Crippen molar-refractivity contribution in [2.45, 2.75) is 25.8 Å². The van der Waals surface area contributed by atoms with Crippen LogP contribution in [0.25, 0.3) is 0 Å². The number of amides is 2. The zero-order chi connectivity index (χ0) is 20.8. The van der Waals surface area contributed by atoms with Crippen molar-refractivity contribution in [3.63, 3.8) is 0 Å².